The van der Waals surface area contributed by atoms with Crippen LogP contribution in [0.3, 0.4) is 0 Å². The Labute approximate surface area is 85.5 Å². The Morgan fingerprint density at radius 3 is 2.69 bits per heavy atom. The Bertz CT molecular complexity index is 254. The van der Waals surface area contributed by atoms with Gasteiger partial charge in [-0.1, -0.05) is 28.6 Å². The van der Waals surface area contributed by atoms with Gasteiger partial charge in [0, 0.05) is 4.48 Å². The van der Waals surface area contributed by atoms with Crippen molar-refractivity contribution < 1.29 is 14.6 Å². The standard InChI is InChI=1S/C9H11BrO3/c1-3-8(10)5-4-7(2)13-6-9(11)12/h3-5H,1,6H2,2H3,(H,11,12)/b7-4+,8-5+. The highest BCUT2D eigenvalue weighted by Crippen LogP contribution is 2.06. The molecule has 0 fully saturated rings. The topological polar surface area (TPSA) is 46.5 Å². The lowest BCUT2D eigenvalue weighted by Gasteiger charge is -2.00. The summed E-state index contributed by atoms with van der Waals surface area (Å²) in [5.74, 6) is -0.444. The molecule has 0 aliphatic carbocycles. The average Bonchev–Trinajstić information content (AvgIpc) is 2.10. The van der Waals surface area contributed by atoms with Crippen molar-refractivity contribution in [2.45, 2.75) is 6.92 Å². The lowest BCUT2D eigenvalue weighted by atomic mass is 10.4. The number of allylic oxidation sites excluding steroid dienone is 5. The summed E-state index contributed by atoms with van der Waals surface area (Å²) in [7, 11) is 0. The zero-order chi connectivity index (χ0) is 10.3. The first-order valence-corrected chi connectivity index (χ1v) is 4.36. The Morgan fingerprint density at radius 2 is 2.23 bits per heavy atom. The third-order valence-corrected chi connectivity index (χ3v) is 1.68. The van der Waals surface area contributed by atoms with E-state index in [0.717, 1.165) is 4.48 Å². The molecule has 0 unspecified atom stereocenters. The van der Waals surface area contributed by atoms with E-state index in [-0.39, 0.29) is 6.61 Å². The molecule has 0 amide bonds. The zero-order valence-electron chi connectivity index (χ0n) is 7.29. The number of hydrogen-bond donors (Lipinski definition) is 1. The summed E-state index contributed by atoms with van der Waals surface area (Å²) in [5.41, 5.74) is 0. The number of halogens is 1. The highest BCUT2D eigenvalue weighted by molar-refractivity contribution is 9.11. The first kappa shape index (κ1) is 12.0. The molecule has 72 valence electrons. The maximum Gasteiger partial charge on any atom is 0.341 e. The van der Waals surface area contributed by atoms with E-state index in [2.05, 4.69) is 22.5 Å². The Hall–Kier alpha value is -1.03. The minimum absolute atomic E-state index is 0.318. The van der Waals surface area contributed by atoms with Gasteiger partial charge in [0.15, 0.2) is 6.61 Å². The Morgan fingerprint density at radius 1 is 1.62 bits per heavy atom. The normalized spacial score (nSPS) is 12.5. The molecular formula is C9H11BrO3. The molecule has 0 aliphatic heterocycles. The van der Waals surface area contributed by atoms with Gasteiger partial charge in [-0.3, -0.25) is 0 Å². The van der Waals surface area contributed by atoms with Crippen LogP contribution in [0.15, 0.2) is 35.0 Å². The van der Waals surface area contributed by atoms with Crippen LogP contribution in [-0.4, -0.2) is 17.7 Å². The van der Waals surface area contributed by atoms with Crippen LogP contribution < -0.4 is 0 Å². The maximum absolute atomic E-state index is 10.1. The van der Waals surface area contributed by atoms with Gasteiger partial charge in [0.25, 0.3) is 0 Å². The van der Waals surface area contributed by atoms with Gasteiger partial charge in [-0.2, -0.15) is 0 Å². The second kappa shape index (κ2) is 6.48. The van der Waals surface area contributed by atoms with Crippen molar-refractivity contribution >= 4 is 21.9 Å². The number of aliphatic carboxylic acids is 1. The van der Waals surface area contributed by atoms with Crippen molar-refractivity contribution in [1.82, 2.24) is 0 Å². The van der Waals surface area contributed by atoms with Gasteiger partial charge in [0.1, 0.15) is 0 Å². The average molecular weight is 247 g/mol. The fourth-order valence-corrected chi connectivity index (χ4v) is 0.621. The van der Waals surface area contributed by atoms with Gasteiger partial charge in [-0.25, -0.2) is 4.79 Å². The van der Waals surface area contributed by atoms with E-state index in [1.165, 1.54) is 0 Å². The SMILES string of the molecule is C=C/C(Br)=C\C=C(/C)OCC(=O)O. The molecule has 13 heavy (non-hydrogen) atoms. The fraction of sp³-hybridized carbons (Fsp3) is 0.222. The van der Waals surface area contributed by atoms with E-state index >= 15 is 0 Å². The first-order chi connectivity index (χ1) is 6.06. The monoisotopic (exact) mass is 246 g/mol. The van der Waals surface area contributed by atoms with E-state index in [9.17, 15) is 4.79 Å². The van der Waals surface area contributed by atoms with E-state index in [0.29, 0.717) is 5.76 Å². The van der Waals surface area contributed by atoms with Crippen LogP contribution in [0, 0.1) is 0 Å². The maximum atomic E-state index is 10.1. The summed E-state index contributed by atoms with van der Waals surface area (Å²) in [6.07, 6.45) is 5.01. The summed E-state index contributed by atoms with van der Waals surface area (Å²) in [6.45, 7) is 4.90. The molecule has 1 N–H and O–H groups in total. The van der Waals surface area contributed by atoms with Gasteiger partial charge in [0.2, 0.25) is 0 Å². The molecule has 0 atom stereocenters. The molecule has 0 aromatic carbocycles. The summed E-state index contributed by atoms with van der Waals surface area (Å²) in [6, 6.07) is 0. The van der Waals surface area contributed by atoms with Gasteiger partial charge in [0.05, 0.1) is 5.76 Å². The third kappa shape index (κ3) is 7.33. The van der Waals surface area contributed by atoms with Crippen LogP contribution in [0.2, 0.25) is 0 Å². The van der Waals surface area contributed by atoms with Crippen molar-refractivity contribution in [3.63, 3.8) is 0 Å². The van der Waals surface area contributed by atoms with Gasteiger partial charge in [-0.05, 0) is 19.1 Å². The van der Waals surface area contributed by atoms with Gasteiger partial charge >= 0.3 is 5.97 Å². The van der Waals surface area contributed by atoms with Crippen molar-refractivity contribution in [3.8, 4) is 0 Å². The van der Waals surface area contributed by atoms with Crippen LogP contribution in [0.25, 0.3) is 0 Å². The van der Waals surface area contributed by atoms with E-state index in [1.807, 2.05) is 0 Å². The highest BCUT2D eigenvalue weighted by Gasteiger charge is 1.95. The molecule has 0 aromatic heterocycles. The first-order valence-electron chi connectivity index (χ1n) is 3.57. The van der Waals surface area contributed by atoms with Crippen LogP contribution in [0.1, 0.15) is 6.92 Å². The zero-order valence-corrected chi connectivity index (χ0v) is 8.87. The number of ether oxygens (including phenoxy) is 1. The van der Waals surface area contributed by atoms with Crippen LogP contribution in [0.4, 0.5) is 0 Å². The van der Waals surface area contributed by atoms with Crippen LogP contribution in [-0.2, 0) is 9.53 Å². The highest BCUT2D eigenvalue weighted by atomic mass is 79.9. The number of carboxylic acid groups (broad SMARTS) is 1. The Balaban J connectivity index is 4.02. The van der Waals surface area contributed by atoms with Crippen LogP contribution >= 0.6 is 15.9 Å². The molecule has 0 aliphatic rings. The van der Waals surface area contributed by atoms with Crippen molar-refractivity contribution in [1.29, 1.82) is 0 Å². The molecule has 0 radical (unpaired) electrons. The molecule has 0 saturated carbocycles. The molecule has 0 aromatic rings. The van der Waals surface area contributed by atoms with Crippen LogP contribution in [0.5, 0.6) is 0 Å². The van der Waals surface area contributed by atoms with Crippen molar-refractivity contribution in [2.24, 2.45) is 0 Å². The number of carbonyl (C=O) groups is 1. The number of rotatable bonds is 5. The molecular weight excluding hydrogens is 236 g/mol. The minimum atomic E-state index is -0.987. The largest absolute Gasteiger partial charge is 0.487 e. The quantitative estimate of drug-likeness (QED) is 0.599. The number of carboxylic acids is 1. The second-order valence-corrected chi connectivity index (χ2v) is 3.13. The van der Waals surface area contributed by atoms with E-state index in [1.54, 1.807) is 25.2 Å². The van der Waals surface area contributed by atoms with Crippen molar-refractivity contribution in [2.75, 3.05) is 6.61 Å². The van der Waals surface area contributed by atoms with Gasteiger partial charge < -0.3 is 9.84 Å². The fourth-order valence-electron chi connectivity index (χ4n) is 0.489. The molecule has 0 saturated heterocycles. The predicted molar refractivity (Wildman–Crippen MR) is 54.6 cm³/mol. The van der Waals surface area contributed by atoms with Crippen molar-refractivity contribution in [3.05, 3.63) is 35.0 Å². The summed E-state index contributed by atoms with van der Waals surface area (Å²) in [5, 5.41) is 8.29. The molecule has 4 heteroatoms. The van der Waals surface area contributed by atoms with E-state index in [4.69, 9.17) is 9.84 Å². The Kier molecular flexibility index (Phi) is 5.97. The lowest BCUT2D eigenvalue weighted by Crippen LogP contribution is -2.05. The van der Waals surface area contributed by atoms with Gasteiger partial charge in [-0.15, -0.1) is 0 Å². The molecule has 0 spiro atoms. The summed E-state index contributed by atoms with van der Waals surface area (Å²) in [4.78, 5) is 10.1. The lowest BCUT2D eigenvalue weighted by molar-refractivity contribution is -0.140. The number of hydrogen-bond acceptors (Lipinski definition) is 2. The molecule has 0 bridgehead atoms. The summed E-state index contributed by atoms with van der Waals surface area (Å²) >= 11 is 3.21. The third-order valence-electron chi connectivity index (χ3n) is 1.10. The minimum Gasteiger partial charge on any atom is -0.487 e. The molecule has 0 heterocycles. The summed E-state index contributed by atoms with van der Waals surface area (Å²) < 4.78 is 5.67. The second-order valence-electron chi connectivity index (χ2n) is 2.22. The van der Waals surface area contributed by atoms with E-state index < -0.39 is 5.97 Å². The molecule has 3 nitrogen and oxygen atoms in total. The smallest absolute Gasteiger partial charge is 0.341 e. The molecule has 0 rings (SSSR count). The predicted octanol–water partition coefficient (Wildman–Crippen LogP) is 2.46.